The number of carbonyl (C=O) groups excluding carboxylic acids is 1. The summed E-state index contributed by atoms with van der Waals surface area (Å²) in [5.74, 6) is 0.515. The van der Waals surface area contributed by atoms with Gasteiger partial charge in [-0.1, -0.05) is 19.1 Å². The Hall–Kier alpha value is -1.64. The van der Waals surface area contributed by atoms with Crippen LogP contribution in [0.15, 0.2) is 29.2 Å². The molecular weight excluding hydrogens is 368 g/mol. The van der Waals surface area contributed by atoms with E-state index < -0.39 is 10.0 Å². The minimum Gasteiger partial charge on any atom is -0.487 e. The van der Waals surface area contributed by atoms with Crippen molar-refractivity contribution >= 4 is 15.9 Å². The van der Waals surface area contributed by atoms with E-state index in [1.54, 1.807) is 31.4 Å². The van der Waals surface area contributed by atoms with Gasteiger partial charge < -0.3 is 14.4 Å². The van der Waals surface area contributed by atoms with Crippen LogP contribution in [0.25, 0.3) is 0 Å². The molecule has 7 nitrogen and oxygen atoms in total. The molecule has 2 aliphatic heterocycles. The van der Waals surface area contributed by atoms with Gasteiger partial charge in [-0.15, -0.1) is 0 Å². The Morgan fingerprint density at radius 1 is 1.26 bits per heavy atom. The second-order valence-corrected chi connectivity index (χ2v) is 8.85. The van der Waals surface area contributed by atoms with E-state index in [9.17, 15) is 13.2 Å². The topological polar surface area (TPSA) is 76.2 Å². The number of fused-ring (bicyclic) bond motifs is 2. The molecule has 0 saturated carbocycles. The average molecular weight is 397 g/mol. The minimum atomic E-state index is -3.70. The first kappa shape index (κ1) is 20.1. The second-order valence-electron chi connectivity index (χ2n) is 6.99. The summed E-state index contributed by atoms with van der Waals surface area (Å²) in [6, 6.07) is 6.46. The molecule has 1 fully saturated rings. The molecule has 2 aliphatic rings. The van der Waals surface area contributed by atoms with Crippen molar-refractivity contribution in [1.82, 2.24) is 9.21 Å². The van der Waals surface area contributed by atoms with Gasteiger partial charge in [0.15, 0.2) is 0 Å². The number of rotatable bonds is 5. The van der Waals surface area contributed by atoms with Crippen LogP contribution in [-0.2, 0) is 19.6 Å². The van der Waals surface area contributed by atoms with Crippen LogP contribution in [0, 0.1) is 0 Å². The van der Waals surface area contributed by atoms with Gasteiger partial charge in [-0.2, -0.15) is 4.31 Å². The number of methoxy groups -OCH3 is 1. The van der Waals surface area contributed by atoms with Crippen molar-refractivity contribution in [3.05, 3.63) is 24.3 Å². The van der Waals surface area contributed by atoms with Gasteiger partial charge in [0.2, 0.25) is 15.9 Å². The first-order valence-corrected chi connectivity index (χ1v) is 11.0. The van der Waals surface area contributed by atoms with E-state index in [-0.39, 0.29) is 29.5 Å². The van der Waals surface area contributed by atoms with Gasteiger partial charge in [0.05, 0.1) is 12.6 Å². The van der Waals surface area contributed by atoms with Crippen LogP contribution in [0.5, 0.6) is 5.75 Å². The second kappa shape index (κ2) is 8.58. The van der Waals surface area contributed by atoms with Crippen LogP contribution in [0.4, 0.5) is 0 Å². The van der Waals surface area contributed by atoms with Gasteiger partial charge in [0.1, 0.15) is 16.7 Å². The number of likely N-dealkylation sites (tertiary alicyclic amines) is 1. The van der Waals surface area contributed by atoms with E-state index in [4.69, 9.17) is 9.47 Å². The number of nitrogens with zero attached hydrogens (tertiary/aromatic N) is 2. The number of hydrogen-bond acceptors (Lipinski definition) is 5. The van der Waals surface area contributed by atoms with Crippen LogP contribution < -0.4 is 4.74 Å². The Bertz CT molecular complexity index is 767. The molecule has 0 radical (unpaired) electrons. The van der Waals surface area contributed by atoms with Crippen LogP contribution in [0.1, 0.15) is 32.6 Å². The number of ether oxygens (including phenoxy) is 2. The van der Waals surface area contributed by atoms with Gasteiger partial charge in [-0.05, 0) is 25.0 Å². The highest BCUT2D eigenvalue weighted by atomic mass is 32.2. The predicted octanol–water partition coefficient (Wildman–Crippen LogP) is 1.88. The minimum absolute atomic E-state index is 0.126. The maximum absolute atomic E-state index is 13.3. The Kier molecular flexibility index (Phi) is 6.39. The van der Waals surface area contributed by atoms with Crippen molar-refractivity contribution in [2.75, 3.05) is 33.4 Å². The molecule has 2 atom stereocenters. The van der Waals surface area contributed by atoms with E-state index >= 15 is 0 Å². The number of para-hydroxylation sites is 1. The molecule has 3 rings (SSSR count). The van der Waals surface area contributed by atoms with Gasteiger partial charge in [0, 0.05) is 39.6 Å². The molecule has 27 heavy (non-hydrogen) atoms. The molecule has 1 aromatic rings. The van der Waals surface area contributed by atoms with Crippen LogP contribution in [-0.4, -0.2) is 69.0 Å². The summed E-state index contributed by atoms with van der Waals surface area (Å²) in [5.41, 5.74) is 0. The first-order valence-electron chi connectivity index (χ1n) is 9.53. The number of hydrogen-bond donors (Lipinski definition) is 0. The largest absolute Gasteiger partial charge is 0.487 e. The number of amides is 1. The molecule has 150 valence electrons. The highest BCUT2D eigenvalue weighted by molar-refractivity contribution is 7.89. The average Bonchev–Trinajstić information content (AvgIpc) is 2.89. The van der Waals surface area contributed by atoms with Crippen molar-refractivity contribution in [3.63, 3.8) is 0 Å². The standard InChI is InChI=1S/C19H28N2O5S/c1-3-6-19(22)20-11-9-15-16(10-12-20)26-17-7-4-5-8-18(17)27(23,24)21(15)13-14-25-2/h4-5,7-8,15-16H,3,6,9-14H2,1-2H3/t15-,16-/m0/s1. The third kappa shape index (κ3) is 4.12. The third-order valence-corrected chi connectivity index (χ3v) is 7.19. The van der Waals surface area contributed by atoms with Crippen LogP contribution in [0.3, 0.4) is 0 Å². The molecule has 0 aliphatic carbocycles. The Labute approximate surface area is 161 Å². The molecule has 1 aromatic carbocycles. The summed E-state index contributed by atoms with van der Waals surface area (Å²) in [7, 11) is -2.14. The zero-order chi connectivity index (χ0) is 19.4. The summed E-state index contributed by atoms with van der Waals surface area (Å²) >= 11 is 0. The number of sulfonamides is 1. The fourth-order valence-corrected chi connectivity index (χ4v) is 5.63. The van der Waals surface area contributed by atoms with Gasteiger partial charge in [0.25, 0.3) is 0 Å². The molecule has 2 heterocycles. The highest BCUT2D eigenvalue weighted by Gasteiger charge is 2.43. The summed E-state index contributed by atoms with van der Waals surface area (Å²) in [6.07, 6.45) is 2.19. The third-order valence-electron chi connectivity index (χ3n) is 5.22. The molecule has 8 heteroatoms. The van der Waals surface area contributed by atoms with Crippen molar-refractivity contribution < 1.29 is 22.7 Å². The maximum atomic E-state index is 13.3. The Morgan fingerprint density at radius 2 is 2.00 bits per heavy atom. The summed E-state index contributed by atoms with van der Waals surface area (Å²) in [6.45, 7) is 3.68. The lowest BCUT2D eigenvalue weighted by Crippen LogP contribution is -2.48. The van der Waals surface area contributed by atoms with E-state index in [0.29, 0.717) is 44.7 Å². The van der Waals surface area contributed by atoms with Crippen molar-refractivity contribution in [1.29, 1.82) is 0 Å². The van der Waals surface area contributed by atoms with Gasteiger partial charge in [-0.25, -0.2) is 8.42 Å². The van der Waals surface area contributed by atoms with E-state index in [1.165, 1.54) is 4.31 Å². The zero-order valence-corrected chi connectivity index (χ0v) is 16.8. The lowest BCUT2D eigenvalue weighted by atomic mass is 10.1. The van der Waals surface area contributed by atoms with Crippen LogP contribution >= 0.6 is 0 Å². The molecule has 0 spiro atoms. The quantitative estimate of drug-likeness (QED) is 0.760. The van der Waals surface area contributed by atoms with Gasteiger partial charge >= 0.3 is 0 Å². The number of carbonyl (C=O) groups is 1. The monoisotopic (exact) mass is 396 g/mol. The molecule has 0 aromatic heterocycles. The fraction of sp³-hybridized carbons (Fsp3) is 0.632. The van der Waals surface area contributed by atoms with Crippen molar-refractivity contribution in [3.8, 4) is 5.75 Å². The van der Waals surface area contributed by atoms with Crippen LogP contribution in [0.2, 0.25) is 0 Å². The van der Waals surface area contributed by atoms with E-state index in [0.717, 1.165) is 6.42 Å². The van der Waals surface area contributed by atoms with Gasteiger partial charge in [-0.3, -0.25) is 4.79 Å². The Balaban J connectivity index is 1.94. The number of benzene rings is 1. The normalized spacial score (nSPS) is 24.9. The summed E-state index contributed by atoms with van der Waals surface area (Å²) < 4.78 is 39.5. The summed E-state index contributed by atoms with van der Waals surface area (Å²) in [5, 5.41) is 0. The molecule has 0 bridgehead atoms. The van der Waals surface area contributed by atoms with Crippen molar-refractivity contribution in [2.24, 2.45) is 0 Å². The zero-order valence-electron chi connectivity index (χ0n) is 16.0. The fourth-order valence-electron chi connectivity index (χ4n) is 3.85. The molecule has 0 N–H and O–H groups in total. The van der Waals surface area contributed by atoms with E-state index in [1.807, 2.05) is 11.8 Å². The molecule has 1 amide bonds. The molecule has 0 unspecified atom stereocenters. The lowest BCUT2D eigenvalue weighted by Gasteiger charge is -2.31. The smallest absolute Gasteiger partial charge is 0.247 e. The van der Waals surface area contributed by atoms with Crippen molar-refractivity contribution in [2.45, 2.75) is 49.6 Å². The van der Waals surface area contributed by atoms with E-state index in [2.05, 4.69) is 0 Å². The predicted molar refractivity (Wildman–Crippen MR) is 101 cm³/mol. The highest BCUT2D eigenvalue weighted by Crippen LogP contribution is 2.36. The molecule has 1 saturated heterocycles. The maximum Gasteiger partial charge on any atom is 0.247 e. The lowest BCUT2D eigenvalue weighted by molar-refractivity contribution is -0.131. The summed E-state index contributed by atoms with van der Waals surface area (Å²) in [4.78, 5) is 14.4. The molecular formula is C19H28N2O5S. The Morgan fingerprint density at radius 3 is 2.74 bits per heavy atom. The first-order chi connectivity index (χ1) is 13.0. The SMILES string of the molecule is CCCC(=O)N1CC[C@@H]2Oc3ccccc3S(=O)(=O)N(CCOC)[C@H]2CC1.